The van der Waals surface area contributed by atoms with Crippen LogP contribution in [0.2, 0.25) is 0 Å². The second kappa shape index (κ2) is 4.99. The third-order valence-electron chi connectivity index (χ3n) is 2.08. The van der Waals surface area contributed by atoms with Gasteiger partial charge in [-0.2, -0.15) is 0 Å². The maximum atomic E-state index is 4.26. The first-order valence-corrected chi connectivity index (χ1v) is 4.53. The van der Waals surface area contributed by atoms with Crippen LogP contribution in [0.3, 0.4) is 0 Å². The Morgan fingerprint density at radius 2 is 2.38 bits per heavy atom. The SMILES string of the molecule is CNCCN(C)Cc1nccn1C. The van der Waals surface area contributed by atoms with Gasteiger partial charge in [0.25, 0.3) is 0 Å². The Bertz CT molecular complexity index is 244. The number of rotatable bonds is 5. The summed E-state index contributed by atoms with van der Waals surface area (Å²) in [6, 6.07) is 0. The molecule has 4 heteroatoms. The van der Waals surface area contributed by atoms with Gasteiger partial charge in [0.15, 0.2) is 0 Å². The Morgan fingerprint density at radius 3 is 2.92 bits per heavy atom. The van der Waals surface area contributed by atoms with E-state index in [-0.39, 0.29) is 0 Å². The van der Waals surface area contributed by atoms with Gasteiger partial charge in [-0.25, -0.2) is 4.98 Å². The quantitative estimate of drug-likeness (QED) is 0.699. The van der Waals surface area contributed by atoms with Crippen molar-refractivity contribution in [3.63, 3.8) is 0 Å². The lowest BCUT2D eigenvalue weighted by atomic mass is 10.5. The minimum Gasteiger partial charge on any atom is -0.337 e. The number of hydrogen-bond acceptors (Lipinski definition) is 3. The Hall–Kier alpha value is -0.870. The fourth-order valence-electron chi connectivity index (χ4n) is 1.17. The molecular weight excluding hydrogens is 164 g/mol. The molecule has 0 amide bonds. The zero-order valence-corrected chi connectivity index (χ0v) is 8.62. The van der Waals surface area contributed by atoms with Gasteiger partial charge in [-0.1, -0.05) is 0 Å². The van der Waals surface area contributed by atoms with Gasteiger partial charge in [-0.05, 0) is 14.1 Å². The molecule has 4 nitrogen and oxygen atoms in total. The lowest BCUT2D eigenvalue weighted by Gasteiger charge is -2.15. The Labute approximate surface area is 79.6 Å². The molecule has 0 bridgehead atoms. The standard InChI is InChI=1S/C9H18N4/c1-10-4-6-12(2)8-9-11-5-7-13(9)3/h5,7,10H,4,6,8H2,1-3H3. The summed E-state index contributed by atoms with van der Waals surface area (Å²) in [5, 5.41) is 3.12. The van der Waals surface area contributed by atoms with Crippen molar-refractivity contribution in [2.75, 3.05) is 27.2 Å². The van der Waals surface area contributed by atoms with E-state index in [1.54, 1.807) is 0 Å². The summed E-state index contributed by atoms with van der Waals surface area (Å²) in [4.78, 5) is 6.51. The van der Waals surface area contributed by atoms with Gasteiger partial charge < -0.3 is 9.88 Å². The summed E-state index contributed by atoms with van der Waals surface area (Å²) < 4.78 is 2.05. The minimum atomic E-state index is 0.908. The topological polar surface area (TPSA) is 33.1 Å². The first kappa shape index (κ1) is 10.2. The average Bonchev–Trinajstić information content (AvgIpc) is 2.48. The van der Waals surface area contributed by atoms with Crippen LogP contribution in [0.25, 0.3) is 0 Å². The van der Waals surface area contributed by atoms with Crippen LogP contribution in [-0.2, 0) is 13.6 Å². The molecule has 0 atom stereocenters. The van der Waals surface area contributed by atoms with Crippen LogP contribution >= 0.6 is 0 Å². The molecule has 0 aliphatic rings. The number of hydrogen-bond donors (Lipinski definition) is 1. The third-order valence-corrected chi connectivity index (χ3v) is 2.08. The van der Waals surface area contributed by atoms with E-state index < -0.39 is 0 Å². The Morgan fingerprint density at radius 1 is 1.62 bits per heavy atom. The number of nitrogens with one attached hydrogen (secondary N) is 1. The molecule has 13 heavy (non-hydrogen) atoms. The highest BCUT2D eigenvalue weighted by atomic mass is 15.2. The van der Waals surface area contributed by atoms with Crippen LogP contribution < -0.4 is 5.32 Å². The van der Waals surface area contributed by atoms with E-state index in [9.17, 15) is 0 Å². The van der Waals surface area contributed by atoms with E-state index in [1.807, 2.05) is 26.5 Å². The van der Waals surface area contributed by atoms with Gasteiger partial charge in [-0.3, -0.25) is 4.90 Å². The molecule has 1 aromatic heterocycles. The molecule has 0 aliphatic heterocycles. The number of nitrogens with zero attached hydrogens (tertiary/aromatic N) is 3. The van der Waals surface area contributed by atoms with Gasteiger partial charge in [-0.15, -0.1) is 0 Å². The highest BCUT2D eigenvalue weighted by molar-refractivity contribution is 4.90. The van der Waals surface area contributed by atoms with E-state index in [2.05, 4.69) is 26.8 Å². The Kier molecular flexibility index (Phi) is 3.92. The molecule has 74 valence electrons. The molecule has 1 rings (SSSR count). The molecule has 0 saturated carbocycles. The zero-order valence-electron chi connectivity index (χ0n) is 8.62. The largest absolute Gasteiger partial charge is 0.337 e. The van der Waals surface area contributed by atoms with Crippen molar-refractivity contribution in [1.29, 1.82) is 0 Å². The summed E-state index contributed by atoms with van der Waals surface area (Å²) in [5.74, 6) is 1.11. The molecule has 0 spiro atoms. The third kappa shape index (κ3) is 3.16. The van der Waals surface area contributed by atoms with Gasteiger partial charge in [0.2, 0.25) is 0 Å². The normalized spacial score (nSPS) is 11.1. The number of imidazole rings is 1. The van der Waals surface area contributed by atoms with Crippen LogP contribution in [-0.4, -0.2) is 41.6 Å². The van der Waals surface area contributed by atoms with Gasteiger partial charge in [0, 0.05) is 32.5 Å². The second-order valence-electron chi connectivity index (χ2n) is 3.30. The van der Waals surface area contributed by atoms with Gasteiger partial charge in [0.1, 0.15) is 5.82 Å². The Balaban J connectivity index is 2.36. The minimum absolute atomic E-state index is 0.908. The van der Waals surface area contributed by atoms with E-state index >= 15 is 0 Å². The maximum Gasteiger partial charge on any atom is 0.122 e. The van der Waals surface area contributed by atoms with Crippen molar-refractivity contribution < 1.29 is 0 Å². The lowest BCUT2D eigenvalue weighted by molar-refractivity contribution is 0.316. The highest BCUT2D eigenvalue weighted by Gasteiger charge is 2.02. The molecule has 1 N–H and O–H groups in total. The molecule has 1 heterocycles. The smallest absolute Gasteiger partial charge is 0.122 e. The molecule has 0 aliphatic carbocycles. The molecule has 0 aromatic carbocycles. The van der Waals surface area contributed by atoms with Crippen molar-refractivity contribution in [3.8, 4) is 0 Å². The molecular formula is C9H18N4. The maximum absolute atomic E-state index is 4.26. The van der Waals surface area contributed by atoms with Gasteiger partial charge in [0.05, 0.1) is 6.54 Å². The number of likely N-dealkylation sites (N-methyl/N-ethyl adjacent to an activating group) is 2. The van der Waals surface area contributed by atoms with E-state index in [0.717, 1.165) is 25.5 Å². The average molecular weight is 182 g/mol. The monoisotopic (exact) mass is 182 g/mol. The van der Waals surface area contributed by atoms with Crippen LogP contribution in [0, 0.1) is 0 Å². The first-order valence-electron chi connectivity index (χ1n) is 4.53. The summed E-state index contributed by atoms with van der Waals surface area (Å²) in [6.07, 6.45) is 3.81. The van der Waals surface area contributed by atoms with Crippen molar-refractivity contribution in [2.24, 2.45) is 7.05 Å². The van der Waals surface area contributed by atoms with Crippen molar-refractivity contribution in [3.05, 3.63) is 18.2 Å². The zero-order chi connectivity index (χ0) is 9.68. The van der Waals surface area contributed by atoms with Crippen molar-refractivity contribution in [2.45, 2.75) is 6.54 Å². The lowest BCUT2D eigenvalue weighted by Crippen LogP contribution is -2.27. The van der Waals surface area contributed by atoms with E-state index in [4.69, 9.17) is 0 Å². The molecule has 0 unspecified atom stereocenters. The van der Waals surface area contributed by atoms with Crippen LogP contribution in [0.5, 0.6) is 0 Å². The van der Waals surface area contributed by atoms with E-state index in [1.165, 1.54) is 0 Å². The first-order chi connectivity index (χ1) is 6.24. The highest BCUT2D eigenvalue weighted by Crippen LogP contribution is 1.97. The fraction of sp³-hybridized carbons (Fsp3) is 0.667. The molecule has 1 aromatic rings. The summed E-state index contributed by atoms with van der Waals surface area (Å²) in [6.45, 7) is 2.97. The molecule has 0 fully saturated rings. The molecule has 0 radical (unpaired) electrons. The van der Waals surface area contributed by atoms with Crippen LogP contribution in [0.1, 0.15) is 5.82 Å². The number of aromatic nitrogens is 2. The predicted octanol–water partition coefficient (Wildman–Crippen LogP) is 0.0713. The van der Waals surface area contributed by atoms with Crippen molar-refractivity contribution in [1.82, 2.24) is 19.8 Å². The van der Waals surface area contributed by atoms with E-state index in [0.29, 0.717) is 0 Å². The summed E-state index contributed by atoms with van der Waals surface area (Å²) in [5.41, 5.74) is 0. The van der Waals surface area contributed by atoms with Crippen molar-refractivity contribution >= 4 is 0 Å². The number of aryl methyl sites for hydroxylation is 1. The van der Waals surface area contributed by atoms with Crippen LogP contribution in [0.4, 0.5) is 0 Å². The summed E-state index contributed by atoms with van der Waals surface area (Å²) in [7, 11) is 6.09. The van der Waals surface area contributed by atoms with Gasteiger partial charge >= 0.3 is 0 Å². The summed E-state index contributed by atoms with van der Waals surface area (Å²) >= 11 is 0. The fourth-order valence-corrected chi connectivity index (χ4v) is 1.17. The predicted molar refractivity (Wildman–Crippen MR) is 53.5 cm³/mol. The molecule has 0 saturated heterocycles. The second-order valence-corrected chi connectivity index (χ2v) is 3.30. The van der Waals surface area contributed by atoms with Crippen LogP contribution in [0.15, 0.2) is 12.4 Å².